The number of para-hydroxylation sites is 1. The van der Waals surface area contributed by atoms with Crippen molar-refractivity contribution in [1.29, 1.82) is 0 Å². The number of carbonyl (C=O) groups excluding carboxylic acids is 1. The molecule has 132 valence electrons. The van der Waals surface area contributed by atoms with Gasteiger partial charge in [-0.15, -0.1) is 0 Å². The van der Waals surface area contributed by atoms with Crippen LogP contribution in [-0.4, -0.2) is 12.9 Å². The fourth-order valence-electron chi connectivity index (χ4n) is 2.37. The lowest BCUT2D eigenvalue weighted by atomic mass is 10.1. The van der Waals surface area contributed by atoms with Crippen molar-refractivity contribution in [2.75, 3.05) is 7.11 Å². The molecular weight excluding hydrogens is 396 g/mol. The molecule has 1 aromatic heterocycles. The van der Waals surface area contributed by atoms with Gasteiger partial charge in [-0.2, -0.15) is 0 Å². The molecule has 0 unspecified atom stereocenters. The van der Waals surface area contributed by atoms with Gasteiger partial charge >= 0.3 is 0 Å². The summed E-state index contributed by atoms with van der Waals surface area (Å²) in [6.07, 6.45) is 3.10. The number of methoxy groups -OCH3 is 1. The fraction of sp³-hybridized carbons (Fsp3) is 0.0952. The average Bonchev–Trinajstić information content (AvgIpc) is 3.12. The monoisotopic (exact) mass is 412 g/mol. The molecule has 0 atom stereocenters. The molecule has 0 N–H and O–H groups in total. The molecule has 26 heavy (non-hydrogen) atoms. The second-order valence-electron chi connectivity index (χ2n) is 5.45. The van der Waals surface area contributed by atoms with Crippen LogP contribution in [0.25, 0.3) is 6.08 Å². The second-order valence-corrected chi connectivity index (χ2v) is 6.36. The molecule has 0 fully saturated rings. The molecule has 0 aliphatic rings. The summed E-state index contributed by atoms with van der Waals surface area (Å²) in [5, 5.41) is 0. The van der Waals surface area contributed by atoms with Crippen molar-refractivity contribution < 1.29 is 18.7 Å². The minimum atomic E-state index is -0.147. The van der Waals surface area contributed by atoms with Crippen molar-refractivity contribution in [2.45, 2.75) is 6.61 Å². The molecule has 5 heteroatoms. The first-order valence-electron chi connectivity index (χ1n) is 7.98. The van der Waals surface area contributed by atoms with Crippen molar-refractivity contribution >= 4 is 27.8 Å². The van der Waals surface area contributed by atoms with Gasteiger partial charge in [0, 0.05) is 4.47 Å². The Morgan fingerprint density at radius 1 is 1.12 bits per heavy atom. The number of ether oxygens (including phenoxy) is 2. The number of halogens is 1. The van der Waals surface area contributed by atoms with Crippen LogP contribution in [0.3, 0.4) is 0 Å². The largest absolute Gasteiger partial charge is 0.496 e. The van der Waals surface area contributed by atoms with Crippen LogP contribution in [-0.2, 0) is 6.61 Å². The van der Waals surface area contributed by atoms with Gasteiger partial charge in [0.2, 0.25) is 0 Å². The average molecular weight is 413 g/mol. The lowest BCUT2D eigenvalue weighted by molar-refractivity contribution is 0.104. The van der Waals surface area contributed by atoms with E-state index in [0.29, 0.717) is 29.4 Å². The molecule has 0 saturated carbocycles. The first-order chi connectivity index (χ1) is 12.7. The Kier molecular flexibility index (Phi) is 5.92. The van der Waals surface area contributed by atoms with Gasteiger partial charge in [-0.05, 0) is 54.6 Å². The van der Waals surface area contributed by atoms with Gasteiger partial charge in [0.05, 0.1) is 12.7 Å². The predicted octanol–water partition coefficient (Wildman–Crippen LogP) is 5.53. The van der Waals surface area contributed by atoms with Crippen molar-refractivity contribution in [2.24, 2.45) is 0 Å². The summed E-state index contributed by atoms with van der Waals surface area (Å²) >= 11 is 3.40. The summed E-state index contributed by atoms with van der Waals surface area (Å²) in [7, 11) is 1.54. The molecule has 0 amide bonds. The summed E-state index contributed by atoms with van der Waals surface area (Å²) in [5.41, 5.74) is 0.510. The normalized spacial score (nSPS) is 10.8. The van der Waals surface area contributed by atoms with Gasteiger partial charge in [-0.3, -0.25) is 4.79 Å². The van der Waals surface area contributed by atoms with Crippen LogP contribution >= 0.6 is 15.9 Å². The Labute approximate surface area is 160 Å². The number of benzene rings is 2. The van der Waals surface area contributed by atoms with Crippen LogP contribution in [0.4, 0.5) is 0 Å². The minimum absolute atomic E-state index is 0.147. The quantitative estimate of drug-likeness (QED) is 0.378. The Balaban J connectivity index is 1.62. The van der Waals surface area contributed by atoms with Gasteiger partial charge < -0.3 is 13.9 Å². The van der Waals surface area contributed by atoms with Crippen LogP contribution in [0.5, 0.6) is 11.5 Å². The topological polar surface area (TPSA) is 48.7 Å². The third-order valence-corrected chi connectivity index (χ3v) is 4.12. The molecule has 0 aliphatic heterocycles. The third kappa shape index (κ3) is 4.64. The molecule has 0 aliphatic carbocycles. The SMILES string of the molecule is COc1ccccc1C(=O)/C=C/c1ccc(COc2cccc(Br)c2)o1. The van der Waals surface area contributed by atoms with Gasteiger partial charge in [-0.1, -0.05) is 34.1 Å². The number of allylic oxidation sites excluding steroid dienone is 1. The molecule has 0 radical (unpaired) electrons. The number of ketones is 1. The van der Waals surface area contributed by atoms with Gasteiger partial charge in [-0.25, -0.2) is 0 Å². The lowest BCUT2D eigenvalue weighted by Gasteiger charge is -2.04. The number of rotatable bonds is 7. The van der Waals surface area contributed by atoms with Crippen molar-refractivity contribution in [3.63, 3.8) is 0 Å². The summed E-state index contributed by atoms with van der Waals surface area (Å²) in [6.45, 7) is 0.310. The van der Waals surface area contributed by atoms with Crippen LogP contribution in [0.2, 0.25) is 0 Å². The Hall–Kier alpha value is -2.79. The van der Waals surface area contributed by atoms with E-state index in [4.69, 9.17) is 13.9 Å². The lowest BCUT2D eigenvalue weighted by Crippen LogP contribution is -1.98. The maximum atomic E-state index is 12.3. The molecular formula is C21H17BrO4. The maximum absolute atomic E-state index is 12.3. The molecule has 3 aromatic rings. The summed E-state index contributed by atoms with van der Waals surface area (Å²) in [5.74, 6) is 2.41. The predicted molar refractivity (Wildman–Crippen MR) is 104 cm³/mol. The van der Waals surface area contributed by atoms with Crippen molar-refractivity contribution in [3.05, 3.63) is 88.3 Å². The first-order valence-corrected chi connectivity index (χ1v) is 8.77. The number of furan rings is 1. The Bertz CT molecular complexity index is 927. The van der Waals surface area contributed by atoms with Crippen molar-refractivity contribution in [1.82, 2.24) is 0 Å². The van der Waals surface area contributed by atoms with E-state index in [1.165, 1.54) is 6.08 Å². The van der Waals surface area contributed by atoms with E-state index in [2.05, 4.69) is 15.9 Å². The molecule has 0 bridgehead atoms. The highest BCUT2D eigenvalue weighted by Gasteiger charge is 2.08. The Morgan fingerprint density at radius 3 is 2.77 bits per heavy atom. The zero-order valence-corrected chi connectivity index (χ0v) is 15.7. The fourth-order valence-corrected chi connectivity index (χ4v) is 2.75. The Morgan fingerprint density at radius 2 is 1.96 bits per heavy atom. The van der Waals surface area contributed by atoms with E-state index < -0.39 is 0 Å². The summed E-state index contributed by atoms with van der Waals surface area (Å²) in [4.78, 5) is 12.3. The van der Waals surface area contributed by atoms with E-state index >= 15 is 0 Å². The third-order valence-electron chi connectivity index (χ3n) is 3.63. The van der Waals surface area contributed by atoms with E-state index in [1.54, 1.807) is 37.5 Å². The smallest absolute Gasteiger partial charge is 0.189 e. The first kappa shape index (κ1) is 18.0. The highest BCUT2D eigenvalue weighted by Crippen LogP contribution is 2.21. The second kappa shape index (κ2) is 8.54. The molecule has 2 aromatic carbocycles. The number of carbonyl (C=O) groups is 1. The zero-order chi connectivity index (χ0) is 18.4. The maximum Gasteiger partial charge on any atom is 0.189 e. The van der Waals surface area contributed by atoms with E-state index in [9.17, 15) is 4.79 Å². The summed E-state index contributed by atoms with van der Waals surface area (Å²) < 4.78 is 17.5. The summed E-state index contributed by atoms with van der Waals surface area (Å²) in [6, 6.07) is 18.3. The molecule has 4 nitrogen and oxygen atoms in total. The van der Waals surface area contributed by atoms with E-state index in [-0.39, 0.29) is 5.78 Å². The van der Waals surface area contributed by atoms with E-state index in [1.807, 2.05) is 36.4 Å². The van der Waals surface area contributed by atoms with Crippen LogP contribution < -0.4 is 9.47 Å². The number of hydrogen-bond donors (Lipinski definition) is 0. The van der Waals surface area contributed by atoms with Gasteiger partial charge in [0.1, 0.15) is 29.6 Å². The van der Waals surface area contributed by atoms with Crippen LogP contribution in [0.1, 0.15) is 21.9 Å². The molecule has 0 spiro atoms. The highest BCUT2D eigenvalue weighted by molar-refractivity contribution is 9.10. The van der Waals surface area contributed by atoms with Crippen molar-refractivity contribution in [3.8, 4) is 11.5 Å². The zero-order valence-electron chi connectivity index (χ0n) is 14.1. The van der Waals surface area contributed by atoms with Crippen LogP contribution in [0.15, 0.2) is 75.6 Å². The van der Waals surface area contributed by atoms with Crippen LogP contribution in [0, 0.1) is 0 Å². The standard InChI is InChI=1S/C21H17BrO4/c1-24-21-8-3-2-7-19(21)20(23)12-11-16-9-10-18(26-16)14-25-17-6-4-5-15(22)13-17/h2-13H,14H2,1H3/b12-11+. The molecule has 0 saturated heterocycles. The molecule has 1 heterocycles. The van der Waals surface area contributed by atoms with Gasteiger partial charge in [0.25, 0.3) is 0 Å². The minimum Gasteiger partial charge on any atom is -0.496 e. The van der Waals surface area contributed by atoms with E-state index in [0.717, 1.165) is 10.2 Å². The number of hydrogen-bond acceptors (Lipinski definition) is 4. The molecule has 3 rings (SSSR count). The highest BCUT2D eigenvalue weighted by atomic mass is 79.9. The van der Waals surface area contributed by atoms with Gasteiger partial charge in [0.15, 0.2) is 5.78 Å².